The van der Waals surface area contributed by atoms with Crippen molar-refractivity contribution in [3.05, 3.63) is 50.9 Å². The van der Waals surface area contributed by atoms with E-state index in [2.05, 4.69) is 10.3 Å². The molecule has 84 valence electrons. The summed E-state index contributed by atoms with van der Waals surface area (Å²) < 4.78 is 0. The Labute approximate surface area is 104 Å². The Morgan fingerprint density at radius 1 is 1.25 bits per heavy atom. The van der Waals surface area contributed by atoms with E-state index in [4.69, 9.17) is 11.6 Å². The van der Waals surface area contributed by atoms with Gasteiger partial charge in [0, 0.05) is 23.0 Å². The maximum Gasteiger partial charge on any atom is 0.0798 e. The first-order valence-electron chi connectivity index (χ1n) is 5.10. The molecule has 2 aromatic rings. The highest BCUT2D eigenvalue weighted by Gasteiger charge is 2.00. The Balaban J connectivity index is 1.84. The summed E-state index contributed by atoms with van der Waals surface area (Å²) in [5.74, 6) is 0. The molecule has 0 saturated carbocycles. The molecule has 0 amide bonds. The summed E-state index contributed by atoms with van der Waals surface area (Å²) in [7, 11) is 0. The van der Waals surface area contributed by atoms with Crippen molar-refractivity contribution < 1.29 is 0 Å². The van der Waals surface area contributed by atoms with Gasteiger partial charge in [-0.1, -0.05) is 23.7 Å². The average molecular weight is 253 g/mol. The number of hydrogen-bond acceptors (Lipinski definition) is 3. The first-order chi connectivity index (χ1) is 7.75. The molecule has 0 spiro atoms. The molecule has 1 aromatic heterocycles. The molecule has 0 bridgehead atoms. The molecule has 0 saturated heterocycles. The monoisotopic (exact) mass is 252 g/mol. The van der Waals surface area contributed by atoms with Crippen LogP contribution in [0.15, 0.2) is 29.8 Å². The van der Waals surface area contributed by atoms with E-state index in [1.54, 1.807) is 11.3 Å². The van der Waals surface area contributed by atoms with Gasteiger partial charge in [0.25, 0.3) is 0 Å². The lowest BCUT2D eigenvalue weighted by molar-refractivity contribution is 0.697. The first-order valence-corrected chi connectivity index (χ1v) is 6.35. The minimum absolute atomic E-state index is 0.780. The van der Waals surface area contributed by atoms with Crippen molar-refractivity contribution in [1.82, 2.24) is 10.3 Å². The van der Waals surface area contributed by atoms with Gasteiger partial charge in [0.15, 0.2) is 0 Å². The summed E-state index contributed by atoms with van der Waals surface area (Å²) >= 11 is 7.51. The van der Waals surface area contributed by atoms with Crippen LogP contribution in [0.2, 0.25) is 5.02 Å². The van der Waals surface area contributed by atoms with E-state index in [9.17, 15) is 0 Å². The fourth-order valence-corrected chi connectivity index (χ4v) is 2.29. The van der Waals surface area contributed by atoms with Gasteiger partial charge < -0.3 is 5.32 Å². The van der Waals surface area contributed by atoms with Crippen molar-refractivity contribution >= 4 is 22.9 Å². The lowest BCUT2D eigenvalue weighted by atomic mass is 10.2. The van der Waals surface area contributed by atoms with Gasteiger partial charge in [-0.05, 0) is 24.6 Å². The number of nitrogens with one attached hydrogen (secondary N) is 1. The lowest BCUT2D eigenvalue weighted by Gasteiger charge is -2.04. The molecule has 0 unspecified atom stereocenters. The Hall–Kier alpha value is -0.900. The number of benzene rings is 1. The minimum atomic E-state index is 0.780. The third kappa shape index (κ3) is 3.04. The molecule has 1 aromatic carbocycles. The highest BCUT2D eigenvalue weighted by atomic mass is 35.5. The lowest BCUT2D eigenvalue weighted by Crippen LogP contribution is -2.12. The maximum absolute atomic E-state index is 5.82. The van der Waals surface area contributed by atoms with Crippen LogP contribution in [0.25, 0.3) is 0 Å². The van der Waals surface area contributed by atoms with Crippen LogP contribution < -0.4 is 5.32 Å². The van der Waals surface area contributed by atoms with Crippen molar-refractivity contribution in [3.8, 4) is 0 Å². The van der Waals surface area contributed by atoms with Gasteiger partial charge in [0.05, 0.1) is 11.2 Å². The quantitative estimate of drug-likeness (QED) is 0.902. The van der Waals surface area contributed by atoms with Crippen molar-refractivity contribution in [2.45, 2.75) is 20.0 Å². The van der Waals surface area contributed by atoms with Gasteiger partial charge in [0.1, 0.15) is 0 Å². The fourth-order valence-electron chi connectivity index (χ4n) is 1.42. The average Bonchev–Trinajstić information content (AvgIpc) is 2.68. The SMILES string of the molecule is Cc1ncsc1CNCc1ccc(Cl)cc1. The number of nitrogens with zero attached hydrogens (tertiary/aromatic N) is 1. The van der Waals surface area contributed by atoms with Crippen LogP contribution in [-0.2, 0) is 13.1 Å². The van der Waals surface area contributed by atoms with Gasteiger partial charge in [-0.2, -0.15) is 0 Å². The highest BCUT2D eigenvalue weighted by Crippen LogP contribution is 2.12. The molecule has 4 heteroatoms. The number of thiazole rings is 1. The second-order valence-corrected chi connectivity index (χ2v) is 4.97. The van der Waals surface area contributed by atoms with Crippen molar-refractivity contribution in [1.29, 1.82) is 0 Å². The maximum atomic E-state index is 5.82. The van der Waals surface area contributed by atoms with Crippen LogP contribution in [-0.4, -0.2) is 4.98 Å². The molecule has 2 rings (SSSR count). The summed E-state index contributed by atoms with van der Waals surface area (Å²) in [4.78, 5) is 5.51. The van der Waals surface area contributed by atoms with Crippen LogP contribution in [0.3, 0.4) is 0 Å². The van der Waals surface area contributed by atoms with Crippen LogP contribution in [0, 0.1) is 6.92 Å². The zero-order chi connectivity index (χ0) is 11.4. The summed E-state index contributed by atoms with van der Waals surface area (Å²) in [5.41, 5.74) is 4.24. The zero-order valence-electron chi connectivity index (χ0n) is 9.03. The second-order valence-electron chi connectivity index (χ2n) is 3.59. The molecule has 0 atom stereocenters. The van der Waals surface area contributed by atoms with Gasteiger partial charge >= 0.3 is 0 Å². The van der Waals surface area contributed by atoms with Crippen molar-refractivity contribution in [2.75, 3.05) is 0 Å². The number of aromatic nitrogens is 1. The second kappa shape index (κ2) is 5.43. The summed E-state index contributed by atoms with van der Waals surface area (Å²) in [6.45, 7) is 3.77. The van der Waals surface area contributed by atoms with Gasteiger partial charge in [-0.25, -0.2) is 4.98 Å². The smallest absolute Gasteiger partial charge is 0.0798 e. The number of aryl methyl sites for hydroxylation is 1. The summed E-state index contributed by atoms with van der Waals surface area (Å²) in [6.07, 6.45) is 0. The van der Waals surface area contributed by atoms with E-state index in [1.807, 2.05) is 36.7 Å². The Morgan fingerprint density at radius 2 is 2.00 bits per heavy atom. The molecule has 0 aliphatic rings. The molecule has 0 radical (unpaired) electrons. The van der Waals surface area contributed by atoms with Crippen molar-refractivity contribution in [2.24, 2.45) is 0 Å². The molecule has 16 heavy (non-hydrogen) atoms. The molecule has 1 N–H and O–H groups in total. The molecule has 1 heterocycles. The van der Waals surface area contributed by atoms with Crippen LogP contribution in [0.1, 0.15) is 16.1 Å². The van der Waals surface area contributed by atoms with E-state index in [-0.39, 0.29) is 0 Å². The van der Waals surface area contributed by atoms with E-state index in [1.165, 1.54) is 10.4 Å². The van der Waals surface area contributed by atoms with E-state index in [0.717, 1.165) is 23.8 Å². The topological polar surface area (TPSA) is 24.9 Å². The van der Waals surface area contributed by atoms with Crippen molar-refractivity contribution in [3.63, 3.8) is 0 Å². The van der Waals surface area contributed by atoms with E-state index in [0.29, 0.717) is 0 Å². The molecule has 0 aliphatic carbocycles. The van der Waals surface area contributed by atoms with Crippen LogP contribution >= 0.6 is 22.9 Å². The number of halogens is 1. The molecule has 0 aliphatic heterocycles. The van der Waals surface area contributed by atoms with E-state index < -0.39 is 0 Å². The zero-order valence-corrected chi connectivity index (χ0v) is 10.6. The normalized spacial score (nSPS) is 10.6. The molecular weight excluding hydrogens is 240 g/mol. The summed E-state index contributed by atoms with van der Waals surface area (Å²) in [5, 5.41) is 4.17. The van der Waals surface area contributed by atoms with Crippen LogP contribution in [0.4, 0.5) is 0 Å². The van der Waals surface area contributed by atoms with Gasteiger partial charge in [-0.15, -0.1) is 11.3 Å². The predicted molar refractivity (Wildman–Crippen MR) is 68.8 cm³/mol. The molecule has 0 fully saturated rings. The third-order valence-electron chi connectivity index (χ3n) is 2.37. The highest BCUT2D eigenvalue weighted by molar-refractivity contribution is 7.09. The van der Waals surface area contributed by atoms with E-state index >= 15 is 0 Å². The van der Waals surface area contributed by atoms with Crippen LogP contribution in [0.5, 0.6) is 0 Å². The minimum Gasteiger partial charge on any atom is -0.308 e. The standard InChI is InChI=1S/C12H13ClN2S/c1-9-12(16-8-15-9)7-14-6-10-2-4-11(13)5-3-10/h2-5,8,14H,6-7H2,1H3. The van der Waals surface area contributed by atoms with Gasteiger partial charge in [-0.3, -0.25) is 0 Å². The predicted octanol–water partition coefficient (Wildman–Crippen LogP) is 3.39. The Morgan fingerprint density at radius 3 is 2.62 bits per heavy atom. The summed E-state index contributed by atoms with van der Waals surface area (Å²) in [6, 6.07) is 7.90. The molecular formula is C12H13ClN2S. The fraction of sp³-hybridized carbons (Fsp3) is 0.250. The Bertz CT molecular complexity index is 450. The first kappa shape index (κ1) is 11.6. The third-order valence-corrected chi connectivity index (χ3v) is 3.56. The number of hydrogen-bond donors (Lipinski definition) is 1. The number of rotatable bonds is 4. The Kier molecular flexibility index (Phi) is 3.93. The largest absolute Gasteiger partial charge is 0.308 e. The van der Waals surface area contributed by atoms with Gasteiger partial charge in [0.2, 0.25) is 0 Å². The molecule has 2 nitrogen and oxygen atoms in total.